The van der Waals surface area contributed by atoms with Gasteiger partial charge in [0.2, 0.25) is 5.95 Å². The fourth-order valence-corrected chi connectivity index (χ4v) is 1.58. The number of thioether (sulfide) groups is 1. The molecule has 0 unspecified atom stereocenters. The van der Waals surface area contributed by atoms with E-state index in [1.54, 1.807) is 0 Å². The van der Waals surface area contributed by atoms with Gasteiger partial charge in [0.05, 0.1) is 6.10 Å². The molecule has 2 N–H and O–H groups in total. The van der Waals surface area contributed by atoms with Gasteiger partial charge in [0.1, 0.15) is 0 Å². The van der Waals surface area contributed by atoms with Crippen LogP contribution in [0.3, 0.4) is 0 Å². The van der Waals surface area contributed by atoms with Crippen molar-refractivity contribution in [3.8, 4) is 6.01 Å². The van der Waals surface area contributed by atoms with Crippen LogP contribution in [0.1, 0.15) is 27.7 Å². The molecule has 0 aliphatic heterocycles. The molecule has 0 spiro atoms. The lowest BCUT2D eigenvalue weighted by Gasteiger charge is -2.09. The number of hydrogen-bond donors (Lipinski definition) is 1. The summed E-state index contributed by atoms with van der Waals surface area (Å²) in [6.07, 6.45) is 0.0312. The van der Waals surface area contributed by atoms with Crippen molar-refractivity contribution in [2.75, 3.05) is 5.73 Å². The fraction of sp³-hybridized carbons (Fsp3) is 0.667. The molecular weight excluding hydrogens is 212 g/mol. The van der Waals surface area contributed by atoms with Crippen LogP contribution in [0.2, 0.25) is 0 Å². The third-order valence-electron chi connectivity index (χ3n) is 1.29. The lowest BCUT2D eigenvalue weighted by atomic mass is 10.5. The van der Waals surface area contributed by atoms with Crippen molar-refractivity contribution in [1.82, 2.24) is 15.0 Å². The van der Waals surface area contributed by atoms with Crippen molar-refractivity contribution in [1.29, 1.82) is 0 Å². The Balaban J connectivity index is 2.84. The van der Waals surface area contributed by atoms with E-state index in [1.165, 1.54) is 11.8 Å². The van der Waals surface area contributed by atoms with Crippen LogP contribution in [0.5, 0.6) is 6.01 Å². The number of aromatic nitrogens is 3. The Labute approximate surface area is 93.9 Å². The highest BCUT2D eigenvalue weighted by molar-refractivity contribution is 7.99. The van der Waals surface area contributed by atoms with Crippen molar-refractivity contribution in [3.63, 3.8) is 0 Å². The highest BCUT2D eigenvalue weighted by Crippen LogP contribution is 2.21. The minimum absolute atomic E-state index is 0.0312. The van der Waals surface area contributed by atoms with Crippen LogP contribution < -0.4 is 10.5 Å². The summed E-state index contributed by atoms with van der Waals surface area (Å²) in [5, 5.41) is 1.01. The van der Waals surface area contributed by atoms with Gasteiger partial charge in [0, 0.05) is 5.25 Å². The summed E-state index contributed by atoms with van der Waals surface area (Å²) in [4.78, 5) is 12.1. The molecule has 6 heteroatoms. The third-order valence-corrected chi connectivity index (χ3v) is 2.16. The number of rotatable bonds is 4. The summed E-state index contributed by atoms with van der Waals surface area (Å²) in [7, 11) is 0. The van der Waals surface area contributed by atoms with Gasteiger partial charge in [-0.2, -0.15) is 15.0 Å². The van der Waals surface area contributed by atoms with Gasteiger partial charge < -0.3 is 10.5 Å². The maximum absolute atomic E-state index is 5.56. The van der Waals surface area contributed by atoms with Crippen LogP contribution >= 0.6 is 11.8 Å². The molecule has 15 heavy (non-hydrogen) atoms. The Morgan fingerprint density at radius 2 is 1.80 bits per heavy atom. The van der Waals surface area contributed by atoms with Crippen LogP contribution in [0.15, 0.2) is 5.16 Å². The number of nitrogen functional groups attached to an aromatic ring is 1. The van der Waals surface area contributed by atoms with E-state index in [0.717, 1.165) is 0 Å². The molecule has 0 radical (unpaired) electrons. The molecule has 0 amide bonds. The van der Waals surface area contributed by atoms with E-state index in [4.69, 9.17) is 10.5 Å². The second kappa shape index (κ2) is 5.16. The molecule has 0 atom stereocenters. The quantitative estimate of drug-likeness (QED) is 0.791. The zero-order valence-electron chi connectivity index (χ0n) is 9.39. The number of nitrogens with zero attached hydrogens (tertiary/aromatic N) is 3. The summed E-state index contributed by atoms with van der Waals surface area (Å²) in [6, 6.07) is 0.292. The van der Waals surface area contributed by atoms with E-state index in [9.17, 15) is 0 Å². The Morgan fingerprint density at radius 1 is 1.13 bits per heavy atom. The summed E-state index contributed by atoms with van der Waals surface area (Å²) in [6.45, 7) is 7.95. The van der Waals surface area contributed by atoms with Crippen LogP contribution in [-0.4, -0.2) is 26.3 Å². The van der Waals surface area contributed by atoms with Crippen LogP contribution in [-0.2, 0) is 0 Å². The maximum Gasteiger partial charge on any atom is 0.322 e. The lowest BCUT2D eigenvalue weighted by Crippen LogP contribution is -2.11. The van der Waals surface area contributed by atoms with Gasteiger partial charge in [0.15, 0.2) is 5.16 Å². The van der Waals surface area contributed by atoms with Gasteiger partial charge in [-0.1, -0.05) is 25.6 Å². The standard InChI is InChI=1S/C9H16N4OS/c1-5(2)14-8-11-7(10)12-9(13-8)15-6(3)4/h5-6H,1-4H3,(H2,10,11,12,13). The predicted octanol–water partition coefficient (Wildman–Crippen LogP) is 1.74. The molecule has 1 heterocycles. The van der Waals surface area contributed by atoms with E-state index >= 15 is 0 Å². The van der Waals surface area contributed by atoms with E-state index in [2.05, 4.69) is 28.8 Å². The minimum atomic E-state index is 0.0312. The average Bonchev–Trinajstić information content (AvgIpc) is 1.98. The van der Waals surface area contributed by atoms with E-state index in [-0.39, 0.29) is 12.1 Å². The van der Waals surface area contributed by atoms with Crippen molar-refractivity contribution in [2.24, 2.45) is 0 Å². The van der Waals surface area contributed by atoms with Crippen molar-refractivity contribution in [3.05, 3.63) is 0 Å². The zero-order chi connectivity index (χ0) is 11.4. The van der Waals surface area contributed by atoms with Crippen LogP contribution in [0.25, 0.3) is 0 Å². The van der Waals surface area contributed by atoms with Gasteiger partial charge in [-0.15, -0.1) is 0 Å². The molecule has 0 fully saturated rings. The molecule has 1 rings (SSSR count). The second-order valence-corrected chi connectivity index (χ2v) is 5.14. The monoisotopic (exact) mass is 228 g/mol. The Morgan fingerprint density at radius 3 is 2.33 bits per heavy atom. The highest BCUT2D eigenvalue weighted by Gasteiger charge is 2.08. The van der Waals surface area contributed by atoms with E-state index < -0.39 is 0 Å². The Hall–Kier alpha value is -1.04. The molecule has 84 valence electrons. The molecule has 1 aromatic heterocycles. The fourth-order valence-electron chi connectivity index (χ4n) is 0.880. The summed E-state index contributed by atoms with van der Waals surface area (Å²) < 4.78 is 5.36. The smallest absolute Gasteiger partial charge is 0.322 e. The largest absolute Gasteiger partial charge is 0.461 e. The summed E-state index contributed by atoms with van der Waals surface area (Å²) in [5.74, 6) is 0.198. The first-order chi connectivity index (χ1) is 6.97. The number of nitrogens with two attached hydrogens (primary N) is 1. The summed E-state index contributed by atoms with van der Waals surface area (Å²) in [5.41, 5.74) is 5.56. The molecule has 0 aliphatic carbocycles. The topological polar surface area (TPSA) is 73.9 Å². The molecular formula is C9H16N4OS. The number of hydrogen-bond acceptors (Lipinski definition) is 6. The Kier molecular flexibility index (Phi) is 4.14. The first kappa shape index (κ1) is 12.0. The van der Waals surface area contributed by atoms with Crippen molar-refractivity contribution < 1.29 is 4.74 Å². The van der Waals surface area contributed by atoms with Gasteiger partial charge in [-0.05, 0) is 13.8 Å². The van der Waals surface area contributed by atoms with Gasteiger partial charge >= 0.3 is 6.01 Å². The zero-order valence-corrected chi connectivity index (χ0v) is 10.2. The van der Waals surface area contributed by atoms with E-state index in [0.29, 0.717) is 16.4 Å². The molecule has 0 saturated heterocycles. The van der Waals surface area contributed by atoms with Crippen LogP contribution in [0.4, 0.5) is 5.95 Å². The first-order valence-corrected chi connectivity index (χ1v) is 5.70. The lowest BCUT2D eigenvalue weighted by molar-refractivity contribution is 0.219. The maximum atomic E-state index is 5.56. The van der Waals surface area contributed by atoms with Gasteiger partial charge in [-0.25, -0.2) is 0 Å². The molecule has 5 nitrogen and oxygen atoms in total. The third kappa shape index (κ3) is 4.33. The van der Waals surface area contributed by atoms with Crippen molar-refractivity contribution >= 4 is 17.7 Å². The van der Waals surface area contributed by atoms with Gasteiger partial charge in [-0.3, -0.25) is 0 Å². The minimum Gasteiger partial charge on any atom is -0.461 e. The first-order valence-electron chi connectivity index (χ1n) is 4.82. The molecule has 0 bridgehead atoms. The molecule has 0 aliphatic rings. The normalized spacial score (nSPS) is 11.1. The molecule has 0 aromatic carbocycles. The summed E-state index contributed by atoms with van der Waals surface area (Å²) >= 11 is 1.53. The van der Waals surface area contributed by atoms with Gasteiger partial charge in [0.25, 0.3) is 0 Å². The molecule has 1 aromatic rings. The van der Waals surface area contributed by atoms with Crippen LogP contribution in [0, 0.1) is 0 Å². The van der Waals surface area contributed by atoms with Crippen molar-refractivity contribution in [2.45, 2.75) is 44.2 Å². The molecule has 0 saturated carbocycles. The average molecular weight is 228 g/mol. The number of ether oxygens (including phenoxy) is 1. The Bertz CT molecular complexity index is 302. The number of anilines is 1. The predicted molar refractivity (Wildman–Crippen MR) is 61.0 cm³/mol. The highest BCUT2D eigenvalue weighted by atomic mass is 32.2. The van der Waals surface area contributed by atoms with E-state index in [1.807, 2.05) is 13.8 Å². The second-order valence-electron chi connectivity index (χ2n) is 3.59. The SMILES string of the molecule is CC(C)Oc1nc(N)nc(SC(C)C)n1.